The summed E-state index contributed by atoms with van der Waals surface area (Å²) >= 11 is -2.66. The number of anilines is 1. The molecule has 1 aromatic rings. The van der Waals surface area contributed by atoms with Gasteiger partial charge in [-0.3, -0.25) is 0 Å². The zero-order chi connectivity index (χ0) is 24.5. The van der Waals surface area contributed by atoms with E-state index in [-0.39, 0.29) is 22.9 Å². The Balaban J connectivity index is 1.35. The number of hydrogen-bond donors (Lipinski definition) is 1. The Morgan fingerprint density at radius 1 is 1.26 bits per heavy atom. The van der Waals surface area contributed by atoms with Crippen molar-refractivity contribution in [2.45, 2.75) is 39.0 Å². The van der Waals surface area contributed by atoms with Crippen molar-refractivity contribution in [2.75, 3.05) is 36.2 Å². The molecule has 10 nitrogen and oxygen atoms in total. The number of carbonyl (C=O) groups excluding carboxylic acids is 2. The summed E-state index contributed by atoms with van der Waals surface area (Å²) in [6.07, 6.45) is 4.90. The molecule has 1 spiro atoms. The van der Waals surface area contributed by atoms with Crippen LogP contribution in [0.25, 0.3) is 0 Å². The second-order valence-corrected chi connectivity index (χ2v) is 12.7. The molecule has 34 heavy (non-hydrogen) atoms. The SMILES string of the molecule is C=N/N=N\N(C)c1ncc(I(O)CN2CCC3(CC2)CCN(C2=C(C)C(=O)CC2)C3=O)cc1F. The van der Waals surface area contributed by atoms with E-state index in [1.807, 2.05) is 11.8 Å². The molecule has 0 aromatic carbocycles. The van der Waals surface area contributed by atoms with Crippen LogP contribution in [0.5, 0.6) is 0 Å². The summed E-state index contributed by atoms with van der Waals surface area (Å²) in [5, 5.41) is 11.4. The van der Waals surface area contributed by atoms with E-state index < -0.39 is 26.1 Å². The minimum atomic E-state index is -2.66. The Morgan fingerprint density at radius 2 is 1.97 bits per heavy atom. The molecule has 12 heteroatoms. The Morgan fingerprint density at radius 3 is 2.59 bits per heavy atom. The quantitative estimate of drug-likeness (QED) is 0.131. The maximum absolute atomic E-state index is 14.5. The topological polar surface area (TPSA) is 114 Å². The van der Waals surface area contributed by atoms with Crippen molar-refractivity contribution in [1.82, 2.24) is 14.8 Å². The van der Waals surface area contributed by atoms with Gasteiger partial charge in [-0.25, -0.2) is 0 Å². The summed E-state index contributed by atoms with van der Waals surface area (Å²) in [5.41, 5.74) is 1.26. The van der Waals surface area contributed by atoms with Crippen molar-refractivity contribution < 1.29 is 17.4 Å². The van der Waals surface area contributed by atoms with Crippen molar-refractivity contribution >= 4 is 44.5 Å². The molecular formula is C22H29FIN7O3. The Kier molecular flexibility index (Phi) is 7.38. The normalized spacial score (nSPS) is 21.3. The molecule has 2 fully saturated rings. The van der Waals surface area contributed by atoms with E-state index in [4.69, 9.17) is 0 Å². The van der Waals surface area contributed by atoms with Gasteiger partial charge in [0.15, 0.2) is 0 Å². The van der Waals surface area contributed by atoms with Gasteiger partial charge < -0.3 is 0 Å². The standard InChI is InChI=1S/C22H29FIN7O3/c1-15-18(4-5-19(15)32)31-11-8-22(21(31)33)6-9-30(10-7-22)14-24(34)16-12-17(23)20(26-13-16)29(3)28-27-25-2/h12-13,34H,2,4-11,14H2,1,3H3/b28-27-. The average molecular weight is 585 g/mol. The van der Waals surface area contributed by atoms with Gasteiger partial charge in [-0.1, -0.05) is 0 Å². The Bertz CT molecular complexity index is 1050. The number of piperidine rings is 1. The first-order valence-electron chi connectivity index (χ1n) is 11.1. The number of pyridine rings is 1. The molecule has 3 aliphatic rings. The Labute approximate surface area is 205 Å². The maximum atomic E-state index is 14.5. The van der Waals surface area contributed by atoms with Crippen molar-refractivity contribution in [3.63, 3.8) is 0 Å². The third-order valence-corrected chi connectivity index (χ3v) is 10.6. The van der Waals surface area contributed by atoms with Crippen LogP contribution in [0.15, 0.2) is 39.1 Å². The molecule has 0 saturated carbocycles. The molecule has 1 aromatic heterocycles. The second-order valence-electron chi connectivity index (χ2n) is 8.86. The van der Waals surface area contributed by atoms with E-state index in [1.165, 1.54) is 19.3 Å². The number of nitrogens with zero attached hydrogens (tertiary/aromatic N) is 7. The number of alkyl halides is 1. The monoisotopic (exact) mass is 585 g/mol. The first-order chi connectivity index (χ1) is 16.3. The van der Waals surface area contributed by atoms with Crippen LogP contribution in [-0.4, -0.2) is 67.9 Å². The van der Waals surface area contributed by atoms with Gasteiger partial charge in [0.05, 0.1) is 0 Å². The van der Waals surface area contributed by atoms with Gasteiger partial charge in [-0.05, 0) is 0 Å². The van der Waals surface area contributed by atoms with Crippen LogP contribution in [0.3, 0.4) is 0 Å². The van der Waals surface area contributed by atoms with Gasteiger partial charge in [-0.15, -0.1) is 0 Å². The summed E-state index contributed by atoms with van der Waals surface area (Å²) in [6.45, 7) is 7.08. The van der Waals surface area contributed by atoms with Crippen LogP contribution < -0.4 is 5.01 Å². The van der Waals surface area contributed by atoms with E-state index in [2.05, 4.69) is 32.1 Å². The number of amides is 1. The van der Waals surface area contributed by atoms with E-state index in [0.29, 0.717) is 40.6 Å². The molecule has 1 amide bonds. The fraction of sp³-hybridized carbons (Fsp3) is 0.545. The molecule has 0 bridgehead atoms. The number of ketones is 1. The summed E-state index contributed by atoms with van der Waals surface area (Å²) in [5.74, 6) is -0.324. The number of Topliss-reactive ketones (excluding diaryl/α,β-unsaturated/α-hetero) is 1. The summed E-state index contributed by atoms with van der Waals surface area (Å²) < 4.78 is 26.3. The molecule has 4 rings (SSSR count). The van der Waals surface area contributed by atoms with Gasteiger partial charge in [0.25, 0.3) is 0 Å². The first-order valence-corrected chi connectivity index (χ1v) is 14.7. The zero-order valence-corrected chi connectivity index (χ0v) is 21.5. The molecule has 0 radical (unpaired) electrons. The third kappa shape index (κ3) is 4.75. The molecule has 184 valence electrons. The van der Waals surface area contributed by atoms with Crippen molar-refractivity contribution in [2.24, 2.45) is 21.0 Å². The van der Waals surface area contributed by atoms with Crippen molar-refractivity contribution in [3.05, 3.63) is 32.9 Å². The fourth-order valence-corrected chi connectivity index (χ4v) is 7.96. The number of aromatic nitrogens is 1. The third-order valence-electron chi connectivity index (χ3n) is 6.96. The first kappa shape index (κ1) is 24.8. The Hall–Kier alpha value is -2.32. The number of likely N-dealkylation sites (tertiary alicyclic amines) is 2. The van der Waals surface area contributed by atoms with Crippen molar-refractivity contribution in [3.8, 4) is 0 Å². The summed E-state index contributed by atoms with van der Waals surface area (Å²) in [4.78, 5) is 33.3. The predicted molar refractivity (Wildman–Crippen MR) is 133 cm³/mol. The van der Waals surface area contributed by atoms with Crippen LogP contribution in [0.2, 0.25) is 0 Å². The van der Waals surface area contributed by atoms with Gasteiger partial charge in [0.1, 0.15) is 0 Å². The average Bonchev–Trinajstić information content (AvgIpc) is 3.32. The van der Waals surface area contributed by atoms with E-state index >= 15 is 0 Å². The zero-order valence-electron chi connectivity index (χ0n) is 19.4. The van der Waals surface area contributed by atoms with Crippen LogP contribution in [-0.2, 0) is 9.59 Å². The van der Waals surface area contributed by atoms with Crippen LogP contribution in [0, 0.1) is 14.8 Å². The number of allylic oxidation sites excluding steroid dienone is 2. The van der Waals surface area contributed by atoms with Gasteiger partial charge in [0.2, 0.25) is 0 Å². The molecule has 2 aliphatic heterocycles. The molecule has 0 unspecified atom stereocenters. The molecule has 0 atom stereocenters. The molecule has 3 heterocycles. The molecule has 1 N–H and O–H groups in total. The molecule has 2 saturated heterocycles. The summed E-state index contributed by atoms with van der Waals surface area (Å²) in [7, 11) is 1.49. The van der Waals surface area contributed by atoms with Crippen LogP contribution in [0.1, 0.15) is 39.0 Å². The van der Waals surface area contributed by atoms with E-state index in [9.17, 15) is 17.4 Å². The van der Waals surface area contributed by atoms with Gasteiger partial charge in [0, 0.05) is 0 Å². The van der Waals surface area contributed by atoms with Crippen molar-refractivity contribution in [1.29, 1.82) is 0 Å². The van der Waals surface area contributed by atoms with E-state index in [0.717, 1.165) is 35.5 Å². The molecular weight excluding hydrogens is 556 g/mol. The predicted octanol–water partition coefficient (Wildman–Crippen LogP) is 3.13. The summed E-state index contributed by atoms with van der Waals surface area (Å²) in [6, 6.07) is 1.31. The van der Waals surface area contributed by atoms with Crippen LogP contribution >= 0.6 is 20.2 Å². The van der Waals surface area contributed by atoms with E-state index in [1.54, 1.807) is 0 Å². The number of hydrogen-bond acceptors (Lipinski definition) is 7. The number of rotatable bonds is 7. The fourth-order valence-electron chi connectivity index (χ4n) is 4.87. The number of carbonyl (C=O) groups is 2. The number of halogens is 2. The minimum absolute atomic E-state index is 0.0149. The van der Waals surface area contributed by atoms with Gasteiger partial charge >= 0.3 is 206 Å². The second kappa shape index (κ2) is 10.1. The van der Waals surface area contributed by atoms with Gasteiger partial charge in [-0.2, -0.15) is 0 Å². The molecule has 1 aliphatic carbocycles. The van der Waals surface area contributed by atoms with Crippen LogP contribution in [0.4, 0.5) is 10.2 Å².